The number of allylic oxidation sites excluding steroid dienone is 2. The molecule has 28 heteroatoms. The summed E-state index contributed by atoms with van der Waals surface area (Å²) in [7, 11) is 3.25. The summed E-state index contributed by atoms with van der Waals surface area (Å²) in [4.78, 5) is 59.3. The molecule has 0 aliphatic carbocycles. The summed E-state index contributed by atoms with van der Waals surface area (Å²) in [6.07, 6.45) is 5.91. The number of carbonyl (C=O) groups excluding carboxylic acids is 3. The second-order valence-electron chi connectivity index (χ2n) is 21.3. The number of likely N-dealkylation sites (N-methyl/N-ethyl adjacent to an activating group) is 1. The van der Waals surface area contributed by atoms with Crippen molar-refractivity contribution in [1.29, 1.82) is 0 Å². The molecule has 446 valence electrons. The molecule has 2 aliphatic heterocycles. The molecule has 24 nitrogen and oxygen atoms in total. The Bertz CT molecular complexity index is 3460. The highest BCUT2D eigenvalue weighted by molar-refractivity contribution is 7.85. The predicted molar refractivity (Wildman–Crippen MR) is 303 cm³/mol. The third-order valence-corrected chi connectivity index (χ3v) is 14.4. The van der Waals surface area contributed by atoms with Gasteiger partial charge in [0, 0.05) is 85.0 Å². The molecule has 7 rings (SSSR count). The number of hydrogen-bond donors (Lipinski definition) is 7. The number of rotatable bonds is 28. The van der Waals surface area contributed by atoms with Crippen molar-refractivity contribution in [3.8, 4) is 23.3 Å². The fourth-order valence-electron chi connectivity index (χ4n) is 9.52. The number of aliphatic hydroxyl groups is 1. The Balaban J connectivity index is 0.867. The number of halogens is 2. The number of aromatic amines is 1. The van der Waals surface area contributed by atoms with Crippen LogP contribution in [0.25, 0.3) is 18.2 Å². The largest absolute Gasteiger partial charge is 0.737 e. The molecular weight excluding hydrogens is 1110 g/mol. The Morgan fingerprint density at radius 3 is 2.31 bits per heavy atom. The third-order valence-electron chi connectivity index (χ3n) is 13.7. The number of aromatic hydroxyl groups is 2. The van der Waals surface area contributed by atoms with E-state index in [-0.39, 0.29) is 62.6 Å². The lowest BCUT2D eigenvalue weighted by Gasteiger charge is -2.31. The molecule has 2 aliphatic rings. The molecule has 5 aromatic rings. The average Bonchev–Trinajstić information content (AvgIpc) is 1.74. The quantitative estimate of drug-likeness (QED) is 0.00600. The van der Waals surface area contributed by atoms with Crippen molar-refractivity contribution in [2.24, 2.45) is 0 Å². The maximum atomic E-state index is 17.1. The number of ether oxygens (including phenoxy) is 3. The lowest BCUT2D eigenvalue weighted by atomic mass is 9.88. The second kappa shape index (κ2) is 26.3. The van der Waals surface area contributed by atoms with Crippen LogP contribution in [0, 0.1) is 24.0 Å². The van der Waals surface area contributed by atoms with Gasteiger partial charge in [-0.25, -0.2) is 4.79 Å². The summed E-state index contributed by atoms with van der Waals surface area (Å²) in [6, 6.07) is 15.0. The van der Waals surface area contributed by atoms with Crippen LogP contribution in [0.4, 0.5) is 19.1 Å². The van der Waals surface area contributed by atoms with Gasteiger partial charge in [0.05, 0.1) is 57.5 Å². The molecule has 5 heterocycles. The van der Waals surface area contributed by atoms with E-state index in [9.17, 15) is 52.8 Å². The smallest absolute Gasteiger partial charge is 0.494 e. The standard InChI is InChI=1S/C55H68BF2N9O15S/c1-35-28-41(63-46(35)31-47-39(10-8-25-67(5,6)7)30-49(64(47)56(63,57)58)44-19-12-36(2)60-44)16-13-38-14-17-42(18-15-38)79-26-9-11-51(69)61-45(34-83(76,77)78)54(72)59-22-23-62(4)24-27-80-50-32-48(66(74)75)43(29-40(50)33-68)37(3)81-55(73)82-65-52(70)20-21-53(65)71/h12-21,28-32,37,45,60,68H,8-11,22-27,33-34H2,1-7H3,(H4-,59,61,69,70,71,72,76,77,78)/p+1. The van der Waals surface area contributed by atoms with Crippen molar-refractivity contribution in [1.82, 2.24) is 29.7 Å². The van der Waals surface area contributed by atoms with Gasteiger partial charge in [0.1, 0.15) is 41.7 Å². The van der Waals surface area contributed by atoms with E-state index in [1.165, 1.54) is 17.5 Å². The minimum absolute atomic E-state index is 0.0472. The number of nitrogens with one attached hydrogen (secondary N) is 3. The number of benzene rings is 2. The lowest BCUT2D eigenvalue weighted by Crippen LogP contribution is -2.51. The van der Waals surface area contributed by atoms with E-state index in [0.29, 0.717) is 51.0 Å². The van der Waals surface area contributed by atoms with Gasteiger partial charge in [0.2, 0.25) is 23.6 Å². The Morgan fingerprint density at radius 2 is 1.67 bits per heavy atom. The first kappa shape index (κ1) is 62.3. The van der Waals surface area contributed by atoms with Crippen molar-refractivity contribution >= 4 is 64.7 Å². The van der Waals surface area contributed by atoms with Crippen LogP contribution in [0.15, 0.2) is 84.1 Å². The molecule has 0 radical (unpaired) electrons. The Hall–Kier alpha value is -8.31. The van der Waals surface area contributed by atoms with Crippen molar-refractivity contribution in [2.75, 3.05) is 73.3 Å². The molecule has 7 N–H and O–H groups in total. The minimum Gasteiger partial charge on any atom is -0.494 e. The van der Waals surface area contributed by atoms with Gasteiger partial charge in [-0.1, -0.05) is 18.2 Å². The normalized spacial score (nSPS) is 14.7. The summed E-state index contributed by atoms with van der Waals surface area (Å²) >= 11 is 0. The van der Waals surface area contributed by atoms with E-state index < -0.39 is 81.9 Å². The number of nitro groups is 1. The number of aryl methyl sites for hydroxylation is 2. The fourth-order valence-corrected chi connectivity index (χ4v) is 10.2. The van der Waals surface area contributed by atoms with E-state index in [1.54, 1.807) is 54.4 Å². The lowest BCUT2D eigenvalue weighted by molar-refractivity contribution is -0.870. The van der Waals surface area contributed by atoms with Crippen molar-refractivity contribution in [2.45, 2.75) is 65.2 Å². The topological polar surface area (TPSA) is 302 Å². The van der Waals surface area contributed by atoms with E-state index >= 15 is 8.63 Å². The summed E-state index contributed by atoms with van der Waals surface area (Å²) in [5.74, 6) is -3.52. The number of H-pyrrole nitrogens is 1. The van der Waals surface area contributed by atoms with Gasteiger partial charge in [-0.3, -0.25) is 29.1 Å². The molecule has 2 unspecified atom stereocenters. The highest BCUT2D eigenvalue weighted by Gasteiger charge is 2.54. The maximum absolute atomic E-state index is 17.1. The summed E-state index contributed by atoms with van der Waals surface area (Å²) < 4.78 is 87.7. The van der Waals surface area contributed by atoms with Gasteiger partial charge < -0.3 is 72.1 Å². The molecule has 2 atom stereocenters. The maximum Gasteiger partial charge on any atom is 0.737 e. The van der Waals surface area contributed by atoms with E-state index in [4.69, 9.17) is 19.0 Å². The number of quaternary nitrogens is 1. The van der Waals surface area contributed by atoms with Gasteiger partial charge in [-0.05, 0) is 94.3 Å². The zero-order valence-corrected chi connectivity index (χ0v) is 47.8. The molecule has 3 aromatic heterocycles. The molecule has 0 fully saturated rings. The van der Waals surface area contributed by atoms with Crippen LogP contribution in [0.1, 0.15) is 83.7 Å². The summed E-state index contributed by atoms with van der Waals surface area (Å²) in [6.45, 7) is 1.25. The Labute approximate surface area is 478 Å². The van der Waals surface area contributed by atoms with Gasteiger partial charge in [-0.15, -0.1) is 4.73 Å². The first-order chi connectivity index (χ1) is 39.1. The van der Waals surface area contributed by atoms with Crippen molar-refractivity contribution < 1.29 is 84.2 Å². The zero-order valence-electron chi connectivity index (χ0n) is 47.0. The van der Waals surface area contributed by atoms with E-state index in [0.717, 1.165) is 57.0 Å². The number of nitrogens with zero attached hydrogens (tertiary/aromatic N) is 6. The summed E-state index contributed by atoms with van der Waals surface area (Å²) in [5, 5.41) is 46.4. The molecule has 2 amide bonds. The van der Waals surface area contributed by atoms with Crippen molar-refractivity contribution in [3.63, 3.8) is 0 Å². The number of carbonyl (C=O) groups is 3. The molecule has 2 aromatic carbocycles. The predicted octanol–water partition coefficient (Wildman–Crippen LogP) is 5.71. The first-order valence-electron chi connectivity index (χ1n) is 26.6. The van der Waals surface area contributed by atoms with Crippen molar-refractivity contribution in [3.05, 3.63) is 139 Å². The zero-order chi connectivity index (χ0) is 60.6. The van der Waals surface area contributed by atoms with Crippen LogP contribution in [0.2, 0.25) is 0 Å². The number of nitro benzene ring substituents is 1. The van der Waals surface area contributed by atoms with Crippen LogP contribution < -0.4 is 24.9 Å². The Morgan fingerprint density at radius 1 is 0.964 bits per heavy atom. The minimum atomic E-state index is -4.73. The van der Waals surface area contributed by atoms with E-state index in [2.05, 4.69) is 36.8 Å². The number of hydrogen-bond acceptors (Lipinski definition) is 15. The van der Waals surface area contributed by atoms with Crippen LogP contribution in [-0.4, -0.2) is 171 Å². The molecule has 0 spiro atoms. The third kappa shape index (κ3) is 16.0. The van der Waals surface area contributed by atoms with Crippen LogP contribution in [0.3, 0.4) is 0 Å². The molecule has 0 bridgehead atoms. The van der Waals surface area contributed by atoms with Gasteiger partial charge in [-0.2, -0.15) is 8.42 Å². The molecule has 83 heavy (non-hydrogen) atoms. The number of aromatic nitrogens is 3. The van der Waals surface area contributed by atoms with Crippen LogP contribution >= 0.6 is 0 Å². The van der Waals surface area contributed by atoms with Gasteiger partial charge in [0.25, 0.3) is 15.8 Å². The van der Waals surface area contributed by atoms with Crippen LogP contribution in [-0.2, 0) is 31.1 Å². The monoisotopic (exact) mass is 1180 g/mol. The molecule has 0 saturated carbocycles. The average molecular weight is 1180 g/mol. The SMILES string of the molecule is Cc1ccc(C2=[N+]3C(=Cc4c(C)cc(C=Cc5ccc(OCCCC(=O)NC(CS(=O)(=O)O)C(=O)NCCN(C)CCOc6cc([N+](=O)[O-])c(C(C)OC(=O)On7c(O)ccc7O)cc6CO)cc5)n4[B-]3(F)F)C(CCC[N+](C)(C)C)=C2)[nH]1. The first-order valence-corrected chi connectivity index (χ1v) is 28.2. The van der Waals surface area contributed by atoms with Crippen LogP contribution in [0.5, 0.6) is 23.3 Å². The van der Waals surface area contributed by atoms with Gasteiger partial charge >= 0.3 is 13.1 Å². The highest BCUT2D eigenvalue weighted by atomic mass is 32.2. The molecular formula is C55H69BF2N9O15S+. The van der Waals surface area contributed by atoms with Gasteiger partial charge in [0.15, 0.2) is 11.4 Å². The fraction of sp³-hybridized carbons (Fsp3) is 0.382. The number of amides is 2. The second-order valence-corrected chi connectivity index (χ2v) is 22.8. The van der Waals surface area contributed by atoms with E-state index in [1.807, 2.05) is 38.1 Å². The Kier molecular flexibility index (Phi) is 19.7. The number of fused-ring (bicyclic) bond motifs is 2. The summed E-state index contributed by atoms with van der Waals surface area (Å²) in [5.41, 5.74) is 4.96. The number of aliphatic hydroxyl groups excluding tert-OH is 1. The molecule has 0 saturated heterocycles. The highest BCUT2D eigenvalue weighted by Crippen LogP contribution is 2.40.